The van der Waals surface area contributed by atoms with Gasteiger partial charge in [0.25, 0.3) is 0 Å². The highest BCUT2D eigenvalue weighted by Gasteiger charge is 2.06. The molecule has 0 spiro atoms. The van der Waals surface area contributed by atoms with Gasteiger partial charge in [-0.15, -0.1) is 0 Å². The highest BCUT2D eigenvalue weighted by molar-refractivity contribution is 6.32. The molecule has 1 aromatic carbocycles. The average molecular weight is 272 g/mol. The molecule has 0 saturated heterocycles. The molecule has 0 heterocycles. The van der Waals surface area contributed by atoms with Crippen LogP contribution >= 0.6 is 11.6 Å². The van der Waals surface area contributed by atoms with Crippen LogP contribution in [-0.4, -0.2) is 17.7 Å². The maximum atomic E-state index is 11.0. The predicted molar refractivity (Wildman–Crippen MR) is 70.1 cm³/mol. The lowest BCUT2D eigenvalue weighted by atomic mass is 10.1. The van der Waals surface area contributed by atoms with Crippen molar-refractivity contribution >= 4 is 17.5 Å². The maximum Gasteiger partial charge on any atom is 0.247 e. The molecular weight excluding hydrogens is 254 g/mol. The third kappa shape index (κ3) is 4.94. The van der Waals surface area contributed by atoms with Crippen LogP contribution < -0.4 is 10.2 Å². The van der Waals surface area contributed by atoms with Gasteiger partial charge < -0.3 is 4.74 Å². The fraction of sp³-hybridized carbons (Fsp3) is 0.462. The first-order valence-corrected chi connectivity index (χ1v) is 6.39. The van der Waals surface area contributed by atoms with Crippen LogP contribution in [0.15, 0.2) is 18.2 Å². The van der Waals surface area contributed by atoms with Crippen molar-refractivity contribution in [2.24, 2.45) is 0 Å². The molecule has 0 radical (unpaired) electrons. The molecule has 1 rings (SSSR count). The second-order valence-corrected chi connectivity index (χ2v) is 4.44. The van der Waals surface area contributed by atoms with Crippen LogP contribution in [0.4, 0.5) is 0 Å². The summed E-state index contributed by atoms with van der Waals surface area (Å²) in [5, 5.41) is 8.91. The molecule has 0 fully saturated rings. The van der Waals surface area contributed by atoms with Gasteiger partial charge in [0.05, 0.1) is 18.1 Å². The number of nitrogens with one attached hydrogen (secondary N) is 1. The summed E-state index contributed by atoms with van der Waals surface area (Å²) >= 11 is 6.05. The van der Waals surface area contributed by atoms with Gasteiger partial charge in [0.2, 0.25) is 5.91 Å². The van der Waals surface area contributed by atoms with Crippen molar-refractivity contribution in [2.75, 3.05) is 6.61 Å². The van der Waals surface area contributed by atoms with Gasteiger partial charge in [0.1, 0.15) is 5.75 Å². The minimum atomic E-state index is -0.470. The summed E-state index contributed by atoms with van der Waals surface area (Å²) in [6, 6.07) is 5.18. The fourth-order valence-electron chi connectivity index (χ4n) is 1.53. The highest BCUT2D eigenvalue weighted by Crippen LogP contribution is 2.25. The fourth-order valence-corrected chi connectivity index (χ4v) is 1.79. The number of amides is 1. The Morgan fingerprint density at radius 1 is 1.44 bits per heavy atom. The van der Waals surface area contributed by atoms with E-state index in [-0.39, 0.29) is 6.42 Å². The van der Waals surface area contributed by atoms with E-state index in [1.165, 1.54) is 0 Å². The second kappa shape index (κ2) is 7.95. The van der Waals surface area contributed by atoms with E-state index in [1.807, 2.05) is 0 Å². The monoisotopic (exact) mass is 271 g/mol. The first-order valence-electron chi connectivity index (χ1n) is 6.01. The Balaban J connectivity index is 2.54. The number of rotatable bonds is 7. The van der Waals surface area contributed by atoms with Crippen molar-refractivity contribution < 1.29 is 14.7 Å². The van der Waals surface area contributed by atoms with Crippen LogP contribution in [0.25, 0.3) is 0 Å². The van der Waals surface area contributed by atoms with Gasteiger partial charge in [-0.1, -0.05) is 37.4 Å². The van der Waals surface area contributed by atoms with Crippen LogP contribution in [-0.2, 0) is 11.2 Å². The quantitative estimate of drug-likeness (QED) is 0.455. The van der Waals surface area contributed by atoms with Crippen LogP contribution in [0.3, 0.4) is 0 Å². The molecule has 5 heteroatoms. The van der Waals surface area contributed by atoms with E-state index < -0.39 is 5.91 Å². The topological polar surface area (TPSA) is 58.6 Å². The molecule has 100 valence electrons. The third-order valence-corrected chi connectivity index (χ3v) is 2.79. The molecule has 0 aliphatic carbocycles. The molecule has 0 saturated carbocycles. The number of hydrogen-bond acceptors (Lipinski definition) is 3. The van der Waals surface area contributed by atoms with Gasteiger partial charge >= 0.3 is 0 Å². The lowest BCUT2D eigenvalue weighted by molar-refractivity contribution is -0.128. The lowest BCUT2D eigenvalue weighted by Gasteiger charge is -2.09. The number of carbonyl (C=O) groups is 1. The van der Waals surface area contributed by atoms with Gasteiger partial charge in [-0.3, -0.25) is 10.0 Å². The predicted octanol–water partition coefficient (Wildman–Crippen LogP) is 2.96. The standard InChI is InChI=1S/C13H18ClNO3/c1-2-3-4-7-18-12-6-5-10(8-11(12)14)9-13(16)15-17/h5-6,8,17H,2-4,7,9H2,1H3,(H,15,16). The minimum absolute atomic E-state index is 0.0896. The molecule has 18 heavy (non-hydrogen) atoms. The van der Waals surface area contributed by atoms with Gasteiger partial charge in [0.15, 0.2) is 0 Å². The molecule has 0 aliphatic rings. The largest absolute Gasteiger partial charge is 0.492 e. The molecule has 0 bridgehead atoms. The van der Waals surface area contributed by atoms with E-state index in [0.29, 0.717) is 17.4 Å². The highest BCUT2D eigenvalue weighted by atomic mass is 35.5. The van der Waals surface area contributed by atoms with Gasteiger partial charge in [-0.05, 0) is 24.1 Å². The molecule has 0 unspecified atom stereocenters. The number of benzene rings is 1. The third-order valence-electron chi connectivity index (χ3n) is 2.49. The number of ether oxygens (including phenoxy) is 1. The summed E-state index contributed by atoms with van der Waals surface area (Å²) in [5.74, 6) is 0.156. The van der Waals surface area contributed by atoms with E-state index in [9.17, 15) is 4.79 Å². The number of halogens is 1. The Hall–Kier alpha value is -1.26. The molecule has 0 aliphatic heterocycles. The molecule has 1 aromatic rings. The molecule has 1 amide bonds. The van der Waals surface area contributed by atoms with Crippen molar-refractivity contribution in [3.05, 3.63) is 28.8 Å². The summed E-state index contributed by atoms with van der Waals surface area (Å²) < 4.78 is 5.54. The second-order valence-electron chi connectivity index (χ2n) is 4.03. The molecule has 0 atom stereocenters. The van der Waals surface area contributed by atoms with Crippen molar-refractivity contribution in [3.8, 4) is 5.75 Å². The van der Waals surface area contributed by atoms with Crippen LogP contribution in [0.1, 0.15) is 31.7 Å². The van der Waals surface area contributed by atoms with E-state index in [2.05, 4.69) is 6.92 Å². The summed E-state index contributed by atoms with van der Waals surface area (Å²) in [7, 11) is 0. The van der Waals surface area contributed by atoms with E-state index >= 15 is 0 Å². The van der Waals surface area contributed by atoms with Gasteiger partial charge in [-0.25, -0.2) is 5.48 Å². The molecule has 4 nitrogen and oxygen atoms in total. The first kappa shape index (κ1) is 14.8. The van der Waals surface area contributed by atoms with Crippen molar-refractivity contribution in [1.82, 2.24) is 5.48 Å². The lowest BCUT2D eigenvalue weighted by Crippen LogP contribution is -2.20. The number of hydrogen-bond donors (Lipinski definition) is 2. The molecular formula is C13H18ClNO3. The van der Waals surface area contributed by atoms with Crippen LogP contribution in [0.5, 0.6) is 5.75 Å². The van der Waals surface area contributed by atoms with Crippen molar-refractivity contribution in [3.63, 3.8) is 0 Å². The Kier molecular flexibility index (Phi) is 6.54. The zero-order valence-corrected chi connectivity index (χ0v) is 11.2. The zero-order chi connectivity index (χ0) is 13.4. The smallest absolute Gasteiger partial charge is 0.247 e. The summed E-state index contributed by atoms with van der Waals surface area (Å²) in [6.07, 6.45) is 3.37. The van der Waals surface area contributed by atoms with E-state index in [1.54, 1.807) is 23.7 Å². The van der Waals surface area contributed by atoms with Crippen LogP contribution in [0, 0.1) is 0 Å². The van der Waals surface area contributed by atoms with Gasteiger partial charge in [0, 0.05) is 0 Å². The minimum Gasteiger partial charge on any atom is -0.492 e. The van der Waals surface area contributed by atoms with E-state index in [0.717, 1.165) is 24.8 Å². The number of carbonyl (C=O) groups excluding carboxylic acids is 1. The Morgan fingerprint density at radius 3 is 2.83 bits per heavy atom. The van der Waals surface area contributed by atoms with Crippen molar-refractivity contribution in [2.45, 2.75) is 32.6 Å². The summed E-state index contributed by atoms with van der Waals surface area (Å²) in [5.41, 5.74) is 2.31. The van der Waals surface area contributed by atoms with Crippen LogP contribution in [0.2, 0.25) is 5.02 Å². The summed E-state index contributed by atoms with van der Waals surface area (Å²) in [6.45, 7) is 2.78. The number of hydroxylamine groups is 1. The summed E-state index contributed by atoms with van der Waals surface area (Å²) in [4.78, 5) is 11.0. The first-order chi connectivity index (χ1) is 8.67. The normalized spacial score (nSPS) is 10.2. The zero-order valence-electron chi connectivity index (χ0n) is 10.4. The van der Waals surface area contributed by atoms with Crippen molar-refractivity contribution in [1.29, 1.82) is 0 Å². The SMILES string of the molecule is CCCCCOc1ccc(CC(=O)NO)cc1Cl. The molecule has 2 N–H and O–H groups in total. The van der Waals surface area contributed by atoms with Gasteiger partial charge in [-0.2, -0.15) is 0 Å². The van der Waals surface area contributed by atoms with E-state index in [4.69, 9.17) is 21.5 Å². The number of unbranched alkanes of at least 4 members (excludes halogenated alkanes) is 2. The Morgan fingerprint density at radius 2 is 2.22 bits per heavy atom. The average Bonchev–Trinajstić information content (AvgIpc) is 2.36. The maximum absolute atomic E-state index is 11.0. The molecule has 0 aromatic heterocycles. The Bertz CT molecular complexity index is 396. The Labute approximate surface area is 112 Å².